The normalized spacial score (nSPS) is 17.9. The van der Waals surface area contributed by atoms with Crippen molar-refractivity contribution in [3.05, 3.63) is 33.9 Å². The number of nitriles is 1. The van der Waals surface area contributed by atoms with E-state index in [9.17, 15) is 14.9 Å². The summed E-state index contributed by atoms with van der Waals surface area (Å²) in [5, 5.41) is 19.8. The molecule has 1 heterocycles. The first-order valence-electron chi connectivity index (χ1n) is 6.13. The molecule has 0 radical (unpaired) electrons. The maximum atomic E-state index is 12.5. The number of nitro groups is 1. The number of nitrogens with two attached hydrogens (primary N) is 1. The number of ether oxygens (including phenoxy) is 1. The summed E-state index contributed by atoms with van der Waals surface area (Å²) in [5.74, 6) is 4.87. The number of amides is 1. The van der Waals surface area contributed by atoms with Crippen molar-refractivity contribution in [3.8, 4) is 6.07 Å². The fraction of sp³-hybridized carbons (Fsp3) is 0.333. The number of hydrogen-bond donors (Lipinski definition) is 2. The van der Waals surface area contributed by atoms with Gasteiger partial charge >= 0.3 is 0 Å². The number of hydrazine groups is 1. The van der Waals surface area contributed by atoms with Gasteiger partial charge in [0.15, 0.2) is 6.10 Å². The molecule has 110 valence electrons. The number of hydrogen-bond acceptors (Lipinski definition) is 7. The van der Waals surface area contributed by atoms with Gasteiger partial charge < -0.3 is 15.1 Å². The van der Waals surface area contributed by atoms with Gasteiger partial charge in [0.2, 0.25) is 0 Å². The van der Waals surface area contributed by atoms with E-state index in [1.54, 1.807) is 0 Å². The molecular formula is C12H13N5O4. The number of nitro benzene ring substituents is 1. The standard InChI is InChI=1S/C12H13N5O4/c13-6-8-7-16(4-5-21-8)12(18)9-2-1-3-10(17(19)20)11(9)15-14/h1-3,8,15H,4-5,7,14H2. The van der Waals surface area contributed by atoms with Crippen molar-refractivity contribution in [2.24, 2.45) is 5.84 Å². The molecule has 0 saturated carbocycles. The number of benzene rings is 1. The molecule has 1 aromatic carbocycles. The molecule has 1 aliphatic rings. The number of nitrogen functional groups attached to an aromatic ring is 1. The zero-order chi connectivity index (χ0) is 15.4. The lowest BCUT2D eigenvalue weighted by atomic mass is 10.1. The average Bonchev–Trinajstić information content (AvgIpc) is 2.53. The minimum Gasteiger partial charge on any atom is -0.360 e. The Hall–Kier alpha value is -2.70. The molecule has 1 fully saturated rings. The molecule has 0 spiro atoms. The highest BCUT2D eigenvalue weighted by molar-refractivity contribution is 6.01. The van der Waals surface area contributed by atoms with E-state index in [0.29, 0.717) is 6.54 Å². The van der Waals surface area contributed by atoms with E-state index in [2.05, 4.69) is 5.43 Å². The number of nitrogens with one attached hydrogen (secondary N) is 1. The van der Waals surface area contributed by atoms with Gasteiger partial charge in [-0.15, -0.1) is 0 Å². The summed E-state index contributed by atoms with van der Waals surface area (Å²) >= 11 is 0. The monoisotopic (exact) mass is 291 g/mol. The van der Waals surface area contributed by atoms with Crippen LogP contribution in [0.3, 0.4) is 0 Å². The zero-order valence-electron chi connectivity index (χ0n) is 11.0. The Kier molecular flexibility index (Phi) is 4.32. The molecule has 21 heavy (non-hydrogen) atoms. The number of carbonyl (C=O) groups is 1. The lowest BCUT2D eigenvalue weighted by molar-refractivity contribution is -0.384. The summed E-state index contributed by atoms with van der Waals surface area (Å²) in [6.45, 7) is 0.663. The summed E-state index contributed by atoms with van der Waals surface area (Å²) in [5.41, 5.74) is 1.96. The van der Waals surface area contributed by atoms with Crippen molar-refractivity contribution in [1.29, 1.82) is 5.26 Å². The van der Waals surface area contributed by atoms with Crippen LogP contribution < -0.4 is 11.3 Å². The molecule has 0 bridgehead atoms. The van der Waals surface area contributed by atoms with Gasteiger partial charge in [-0.2, -0.15) is 5.26 Å². The van der Waals surface area contributed by atoms with Crippen molar-refractivity contribution in [2.45, 2.75) is 6.10 Å². The van der Waals surface area contributed by atoms with Gasteiger partial charge in [0.05, 0.1) is 29.7 Å². The van der Waals surface area contributed by atoms with Crippen molar-refractivity contribution in [3.63, 3.8) is 0 Å². The van der Waals surface area contributed by atoms with Crippen LogP contribution >= 0.6 is 0 Å². The molecular weight excluding hydrogens is 278 g/mol. The smallest absolute Gasteiger partial charge is 0.294 e. The van der Waals surface area contributed by atoms with E-state index in [1.165, 1.54) is 23.1 Å². The van der Waals surface area contributed by atoms with E-state index in [1.807, 2.05) is 6.07 Å². The third kappa shape index (κ3) is 2.91. The van der Waals surface area contributed by atoms with E-state index in [-0.39, 0.29) is 30.1 Å². The van der Waals surface area contributed by atoms with Crippen molar-refractivity contribution in [2.75, 3.05) is 25.1 Å². The first-order chi connectivity index (χ1) is 10.1. The third-order valence-electron chi connectivity index (χ3n) is 3.11. The Morgan fingerprint density at radius 1 is 1.62 bits per heavy atom. The third-order valence-corrected chi connectivity index (χ3v) is 3.11. The van der Waals surface area contributed by atoms with Gasteiger partial charge in [-0.1, -0.05) is 6.07 Å². The van der Waals surface area contributed by atoms with Crippen LogP contribution in [0, 0.1) is 21.4 Å². The van der Waals surface area contributed by atoms with Crippen molar-refractivity contribution >= 4 is 17.3 Å². The van der Waals surface area contributed by atoms with Gasteiger partial charge in [-0.3, -0.25) is 20.8 Å². The average molecular weight is 291 g/mol. The van der Waals surface area contributed by atoms with E-state index in [0.717, 1.165) is 0 Å². The fourth-order valence-electron chi connectivity index (χ4n) is 2.10. The van der Waals surface area contributed by atoms with Gasteiger partial charge in [-0.05, 0) is 6.07 Å². The van der Waals surface area contributed by atoms with Crippen LogP contribution in [0.15, 0.2) is 18.2 Å². The van der Waals surface area contributed by atoms with Gasteiger partial charge in [-0.25, -0.2) is 0 Å². The van der Waals surface area contributed by atoms with Gasteiger partial charge in [0.25, 0.3) is 11.6 Å². The number of anilines is 1. The molecule has 1 saturated heterocycles. The highest BCUT2D eigenvalue weighted by Crippen LogP contribution is 2.28. The lowest BCUT2D eigenvalue weighted by Crippen LogP contribution is -2.45. The number of carbonyl (C=O) groups excluding carboxylic acids is 1. The summed E-state index contributed by atoms with van der Waals surface area (Å²) in [7, 11) is 0. The lowest BCUT2D eigenvalue weighted by Gasteiger charge is -2.30. The van der Waals surface area contributed by atoms with E-state index < -0.39 is 16.9 Å². The van der Waals surface area contributed by atoms with Crippen LogP contribution in [-0.2, 0) is 4.74 Å². The van der Waals surface area contributed by atoms with Crippen LogP contribution in [0.2, 0.25) is 0 Å². The summed E-state index contributed by atoms with van der Waals surface area (Å²) in [4.78, 5) is 24.2. The fourth-order valence-corrected chi connectivity index (χ4v) is 2.10. The molecule has 0 aliphatic carbocycles. The van der Waals surface area contributed by atoms with Crippen LogP contribution in [-0.4, -0.2) is 41.5 Å². The zero-order valence-corrected chi connectivity index (χ0v) is 11.0. The Morgan fingerprint density at radius 3 is 3.00 bits per heavy atom. The minimum absolute atomic E-state index is 0.0486. The number of rotatable bonds is 3. The largest absolute Gasteiger partial charge is 0.360 e. The Morgan fingerprint density at radius 2 is 2.38 bits per heavy atom. The number of morpholine rings is 1. The molecule has 1 unspecified atom stereocenters. The Balaban J connectivity index is 2.33. The molecule has 9 heteroatoms. The highest BCUT2D eigenvalue weighted by atomic mass is 16.6. The van der Waals surface area contributed by atoms with Crippen LogP contribution in [0.4, 0.5) is 11.4 Å². The van der Waals surface area contributed by atoms with Crippen molar-refractivity contribution in [1.82, 2.24) is 4.90 Å². The van der Waals surface area contributed by atoms with Crippen LogP contribution in [0.5, 0.6) is 0 Å². The summed E-state index contributed by atoms with van der Waals surface area (Å²) < 4.78 is 5.16. The maximum absolute atomic E-state index is 12.5. The molecule has 3 N–H and O–H groups in total. The summed E-state index contributed by atoms with van der Waals surface area (Å²) in [6.07, 6.45) is -0.698. The first-order valence-corrected chi connectivity index (χ1v) is 6.13. The van der Waals surface area contributed by atoms with Crippen molar-refractivity contribution < 1.29 is 14.5 Å². The first kappa shape index (κ1) is 14.7. The second kappa shape index (κ2) is 6.17. The molecule has 1 aliphatic heterocycles. The second-order valence-electron chi connectivity index (χ2n) is 4.34. The predicted octanol–water partition coefficient (Wildman–Crippen LogP) is 0.245. The minimum atomic E-state index is -0.698. The SMILES string of the molecule is N#CC1CN(C(=O)c2cccc([N+](=O)[O-])c2NN)CCO1. The van der Waals surface area contributed by atoms with Gasteiger partial charge in [0.1, 0.15) is 5.69 Å². The Bertz CT molecular complexity index is 612. The number of nitrogens with zero attached hydrogens (tertiary/aromatic N) is 3. The number of para-hydroxylation sites is 1. The van der Waals surface area contributed by atoms with E-state index in [4.69, 9.17) is 15.8 Å². The molecule has 1 atom stereocenters. The van der Waals surface area contributed by atoms with E-state index >= 15 is 0 Å². The Labute approximate surface area is 120 Å². The topological polar surface area (TPSA) is 135 Å². The quantitative estimate of drug-likeness (QED) is 0.462. The summed E-state index contributed by atoms with van der Waals surface area (Å²) in [6, 6.07) is 6.04. The predicted molar refractivity (Wildman–Crippen MR) is 72.2 cm³/mol. The van der Waals surface area contributed by atoms with Crippen LogP contribution in [0.1, 0.15) is 10.4 Å². The second-order valence-corrected chi connectivity index (χ2v) is 4.34. The maximum Gasteiger partial charge on any atom is 0.294 e. The molecule has 2 rings (SSSR count). The highest BCUT2D eigenvalue weighted by Gasteiger charge is 2.28. The molecule has 0 aromatic heterocycles. The molecule has 9 nitrogen and oxygen atoms in total. The molecule has 1 amide bonds. The van der Waals surface area contributed by atoms with Crippen LogP contribution in [0.25, 0.3) is 0 Å². The van der Waals surface area contributed by atoms with Gasteiger partial charge in [0, 0.05) is 12.6 Å². The molecule has 1 aromatic rings.